The molecule has 0 rings (SSSR count). The number of carbonyl (C=O) groups is 2. The van der Waals surface area contributed by atoms with Crippen molar-refractivity contribution in [2.24, 2.45) is 0 Å². The van der Waals surface area contributed by atoms with E-state index < -0.39 is 27.9 Å². The Hall–Kier alpha value is -0.800. The maximum Gasteiger partial charge on any atom is 0.307 e. The Morgan fingerprint density at radius 3 is 2.50 bits per heavy atom. The lowest BCUT2D eigenvalue weighted by Gasteiger charge is -2.17. The lowest BCUT2D eigenvalue weighted by molar-refractivity contribution is -0.140. The normalized spacial score (nSPS) is 12.8. The predicted octanol–water partition coefficient (Wildman–Crippen LogP) is -0.273. The molecule has 0 bridgehead atoms. The first-order chi connectivity index (χ1) is 9.36. The molecule has 0 radical (unpaired) electrons. The van der Waals surface area contributed by atoms with Crippen LogP contribution in [0.1, 0.15) is 19.8 Å². The fourth-order valence-electron chi connectivity index (χ4n) is 1.29. The van der Waals surface area contributed by atoms with E-state index >= 15 is 0 Å². The second-order valence-corrected chi connectivity index (χ2v) is 7.00. The van der Waals surface area contributed by atoms with Gasteiger partial charge in [-0.2, -0.15) is 11.8 Å². The quantitative estimate of drug-likeness (QED) is 0.536. The van der Waals surface area contributed by atoms with E-state index in [1.807, 2.05) is 6.26 Å². The molecule has 0 spiro atoms. The minimum Gasteiger partial charge on any atom is -0.469 e. The van der Waals surface area contributed by atoms with Crippen LogP contribution in [0.25, 0.3) is 0 Å². The number of carbonyl (C=O) groups excluding carboxylic acids is 2. The summed E-state index contributed by atoms with van der Waals surface area (Å²) in [6.07, 6.45) is 2.32. The SMILES string of the molecule is CCS(=O)(=O)NC(CCSC)C(=O)NCCC(=O)OC. The van der Waals surface area contributed by atoms with Gasteiger partial charge in [-0.25, -0.2) is 13.1 Å². The molecule has 0 saturated heterocycles. The van der Waals surface area contributed by atoms with Crippen LogP contribution in [0, 0.1) is 0 Å². The van der Waals surface area contributed by atoms with E-state index in [2.05, 4.69) is 14.8 Å². The van der Waals surface area contributed by atoms with Crippen LogP contribution in [0.3, 0.4) is 0 Å². The zero-order valence-electron chi connectivity index (χ0n) is 12.0. The first-order valence-electron chi connectivity index (χ1n) is 6.19. The van der Waals surface area contributed by atoms with Gasteiger partial charge in [0.2, 0.25) is 15.9 Å². The van der Waals surface area contributed by atoms with Crippen LogP contribution in [-0.4, -0.2) is 57.8 Å². The topological polar surface area (TPSA) is 102 Å². The third-order valence-corrected chi connectivity index (χ3v) is 4.53. The third kappa shape index (κ3) is 8.39. The zero-order chi connectivity index (χ0) is 15.6. The monoisotopic (exact) mass is 326 g/mol. The molecule has 2 N–H and O–H groups in total. The van der Waals surface area contributed by atoms with Crippen LogP contribution in [0.2, 0.25) is 0 Å². The van der Waals surface area contributed by atoms with E-state index in [4.69, 9.17) is 0 Å². The average Bonchev–Trinajstić information content (AvgIpc) is 2.42. The summed E-state index contributed by atoms with van der Waals surface area (Å²) in [5, 5.41) is 2.53. The first kappa shape index (κ1) is 19.2. The Balaban J connectivity index is 4.45. The van der Waals surface area contributed by atoms with Crippen LogP contribution in [-0.2, 0) is 24.3 Å². The van der Waals surface area contributed by atoms with Gasteiger partial charge in [0.15, 0.2) is 0 Å². The number of hydrogen-bond donors (Lipinski definition) is 2. The molecule has 1 atom stereocenters. The number of esters is 1. The van der Waals surface area contributed by atoms with Crippen molar-refractivity contribution >= 4 is 33.7 Å². The summed E-state index contributed by atoms with van der Waals surface area (Å²) >= 11 is 1.52. The number of ether oxygens (including phenoxy) is 1. The average molecular weight is 326 g/mol. The molecule has 1 unspecified atom stereocenters. The molecule has 9 heteroatoms. The van der Waals surface area contributed by atoms with Gasteiger partial charge in [-0.05, 0) is 25.4 Å². The van der Waals surface area contributed by atoms with Gasteiger partial charge in [-0.15, -0.1) is 0 Å². The summed E-state index contributed by atoms with van der Waals surface area (Å²) in [6, 6.07) is -0.815. The maximum absolute atomic E-state index is 11.9. The first-order valence-corrected chi connectivity index (χ1v) is 9.24. The number of hydrogen-bond acceptors (Lipinski definition) is 6. The predicted molar refractivity (Wildman–Crippen MR) is 79.0 cm³/mol. The van der Waals surface area contributed by atoms with Crippen molar-refractivity contribution in [1.29, 1.82) is 0 Å². The van der Waals surface area contributed by atoms with Gasteiger partial charge in [0.25, 0.3) is 0 Å². The number of nitrogens with one attached hydrogen (secondary N) is 2. The van der Waals surface area contributed by atoms with Crippen LogP contribution >= 0.6 is 11.8 Å². The van der Waals surface area contributed by atoms with E-state index in [0.717, 1.165) is 0 Å². The molecular weight excluding hydrogens is 304 g/mol. The highest BCUT2D eigenvalue weighted by Crippen LogP contribution is 2.03. The fourth-order valence-corrected chi connectivity index (χ4v) is 2.59. The summed E-state index contributed by atoms with van der Waals surface area (Å²) < 4.78 is 29.9. The van der Waals surface area contributed by atoms with Crippen molar-refractivity contribution < 1.29 is 22.7 Å². The lowest BCUT2D eigenvalue weighted by Crippen LogP contribution is -2.47. The molecule has 0 aromatic heterocycles. The second kappa shape index (κ2) is 10.0. The number of thioether (sulfide) groups is 1. The van der Waals surface area contributed by atoms with Crippen molar-refractivity contribution in [1.82, 2.24) is 10.0 Å². The van der Waals surface area contributed by atoms with Crippen LogP contribution in [0.15, 0.2) is 0 Å². The van der Waals surface area contributed by atoms with E-state index in [-0.39, 0.29) is 18.7 Å². The number of sulfonamides is 1. The summed E-state index contributed by atoms with van der Waals surface area (Å²) in [7, 11) is -2.19. The van der Waals surface area contributed by atoms with Crippen molar-refractivity contribution in [3.8, 4) is 0 Å². The van der Waals surface area contributed by atoms with E-state index in [9.17, 15) is 18.0 Å². The van der Waals surface area contributed by atoms with Crippen LogP contribution < -0.4 is 10.0 Å². The lowest BCUT2D eigenvalue weighted by atomic mass is 10.2. The number of rotatable bonds is 10. The Kier molecular flexibility index (Phi) is 9.60. The van der Waals surface area contributed by atoms with E-state index in [1.54, 1.807) is 0 Å². The van der Waals surface area contributed by atoms with Crippen LogP contribution in [0.5, 0.6) is 0 Å². The molecule has 1 amide bonds. The van der Waals surface area contributed by atoms with Gasteiger partial charge in [0.1, 0.15) is 6.04 Å². The van der Waals surface area contributed by atoms with Gasteiger partial charge in [0, 0.05) is 6.54 Å². The molecule has 7 nitrogen and oxygen atoms in total. The van der Waals surface area contributed by atoms with E-state index in [0.29, 0.717) is 12.2 Å². The molecular formula is C11H22N2O5S2. The summed E-state index contributed by atoms with van der Waals surface area (Å²) in [6.45, 7) is 1.62. The molecule has 0 aromatic carbocycles. The van der Waals surface area contributed by atoms with Crippen LogP contribution in [0.4, 0.5) is 0 Å². The minimum absolute atomic E-state index is 0.0536. The van der Waals surface area contributed by atoms with Gasteiger partial charge >= 0.3 is 5.97 Å². The Bertz CT molecular complexity index is 411. The van der Waals surface area contributed by atoms with Crippen molar-refractivity contribution in [2.75, 3.05) is 31.4 Å². The molecule has 20 heavy (non-hydrogen) atoms. The zero-order valence-corrected chi connectivity index (χ0v) is 13.6. The molecule has 0 aliphatic heterocycles. The van der Waals surface area contributed by atoms with Crippen molar-refractivity contribution in [3.63, 3.8) is 0 Å². The number of amides is 1. The summed E-state index contributed by atoms with van der Waals surface area (Å²) in [5.74, 6) is -0.292. The standard InChI is InChI=1S/C11H22N2O5S2/c1-4-20(16,17)13-9(6-8-19-3)11(15)12-7-5-10(14)18-2/h9,13H,4-8H2,1-3H3,(H,12,15). The maximum atomic E-state index is 11.9. The molecule has 0 heterocycles. The summed E-state index contributed by atoms with van der Waals surface area (Å²) in [4.78, 5) is 22.8. The molecule has 0 fully saturated rings. The Morgan fingerprint density at radius 2 is 2.00 bits per heavy atom. The largest absolute Gasteiger partial charge is 0.469 e. The molecule has 0 aromatic rings. The Labute approximate surface area is 124 Å². The molecule has 0 saturated carbocycles. The molecule has 0 aliphatic carbocycles. The second-order valence-electron chi connectivity index (χ2n) is 3.97. The highest BCUT2D eigenvalue weighted by molar-refractivity contribution is 7.98. The highest BCUT2D eigenvalue weighted by atomic mass is 32.2. The number of methoxy groups -OCH3 is 1. The highest BCUT2D eigenvalue weighted by Gasteiger charge is 2.22. The molecule has 118 valence electrons. The van der Waals surface area contributed by atoms with Crippen molar-refractivity contribution in [3.05, 3.63) is 0 Å². The van der Waals surface area contributed by atoms with Gasteiger partial charge in [0.05, 0.1) is 19.3 Å². The van der Waals surface area contributed by atoms with Gasteiger partial charge in [-0.1, -0.05) is 0 Å². The van der Waals surface area contributed by atoms with Gasteiger partial charge < -0.3 is 10.1 Å². The Morgan fingerprint density at radius 1 is 1.35 bits per heavy atom. The third-order valence-electron chi connectivity index (χ3n) is 2.49. The van der Waals surface area contributed by atoms with Gasteiger partial charge in [-0.3, -0.25) is 9.59 Å². The fraction of sp³-hybridized carbons (Fsp3) is 0.818. The van der Waals surface area contributed by atoms with Crippen molar-refractivity contribution in [2.45, 2.75) is 25.8 Å². The minimum atomic E-state index is -3.45. The van der Waals surface area contributed by atoms with E-state index in [1.165, 1.54) is 25.8 Å². The smallest absolute Gasteiger partial charge is 0.307 e. The summed E-state index contributed by atoms with van der Waals surface area (Å²) in [5.41, 5.74) is 0. The molecule has 0 aliphatic rings.